The zero-order valence-electron chi connectivity index (χ0n) is 8.76. The fourth-order valence-electron chi connectivity index (χ4n) is 1.46. The second kappa shape index (κ2) is 7.41. The number of hydrogen-bond acceptors (Lipinski definition) is 2. The zero-order valence-corrected chi connectivity index (χ0v) is 11.2. The van der Waals surface area contributed by atoms with Crippen LogP contribution >= 0.6 is 27.3 Å². The molecule has 1 rings (SSSR count). The summed E-state index contributed by atoms with van der Waals surface area (Å²) in [6, 6.07) is 0. The third kappa shape index (κ3) is 5.11. The van der Waals surface area contributed by atoms with Crippen molar-refractivity contribution < 1.29 is 0 Å². The first-order chi connectivity index (χ1) is 6.83. The molecule has 80 valence electrons. The van der Waals surface area contributed by atoms with Crippen LogP contribution in [0, 0.1) is 0 Å². The molecule has 0 aromatic carbocycles. The van der Waals surface area contributed by atoms with Gasteiger partial charge in [-0.15, -0.1) is 11.3 Å². The largest absolute Gasteiger partial charge is 0.234 e. The highest BCUT2D eigenvalue weighted by atomic mass is 79.9. The first-order valence-corrected chi connectivity index (χ1v) is 7.10. The Labute approximate surface area is 99.1 Å². The van der Waals surface area contributed by atoms with Gasteiger partial charge in [0.15, 0.2) is 0 Å². The number of thiazole rings is 1. The van der Waals surface area contributed by atoms with E-state index < -0.39 is 0 Å². The fourth-order valence-corrected chi connectivity index (χ4v) is 2.77. The maximum absolute atomic E-state index is 4.38. The van der Waals surface area contributed by atoms with E-state index in [0.29, 0.717) is 0 Å². The lowest BCUT2D eigenvalue weighted by Gasteiger charge is -1.98. The van der Waals surface area contributed by atoms with Crippen LogP contribution in [0.15, 0.2) is 9.98 Å². The average Bonchev–Trinajstić information content (AvgIpc) is 2.58. The monoisotopic (exact) mass is 275 g/mol. The summed E-state index contributed by atoms with van der Waals surface area (Å²) in [5.74, 6) is 0. The lowest BCUT2D eigenvalue weighted by Crippen LogP contribution is -1.84. The van der Waals surface area contributed by atoms with Gasteiger partial charge < -0.3 is 0 Å². The summed E-state index contributed by atoms with van der Waals surface area (Å²) in [7, 11) is 0. The minimum absolute atomic E-state index is 0.989. The summed E-state index contributed by atoms with van der Waals surface area (Å²) in [4.78, 5) is 4.38. The number of hydrogen-bond donors (Lipinski definition) is 0. The van der Waals surface area contributed by atoms with Gasteiger partial charge in [-0.3, -0.25) is 0 Å². The molecule has 0 aliphatic carbocycles. The molecule has 3 heteroatoms. The minimum Gasteiger partial charge on any atom is -0.234 e. The zero-order chi connectivity index (χ0) is 10.2. The second-order valence-electron chi connectivity index (χ2n) is 3.58. The highest BCUT2D eigenvalue weighted by Gasteiger charge is 1.98. The van der Waals surface area contributed by atoms with Crippen molar-refractivity contribution in [3.63, 3.8) is 0 Å². The quantitative estimate of drug-likeness (QED) is 0.651. The number of unbranched alkanes of at least 4 members (excludes halogenated alkanes) is 5. The molecule has 0 N–H and O–H groups in total. The van der Waals surface area contributed by atoms with E-state index in [2.05, 4.69) is 33.2 Å². The standard InChI is InChI=1S/C11H18BrNS/c1-2-3-4-5-6-7-8-11-13-10(12)9-14-11/h9H,2-8H2,1H3. The number of nitrogens with zero attached hydrogens (tertiary/aromatic N) is 1. The van der Waals surface area contributed by atoms with Crippen molar-refractivity contribution in [3.8, 4) is 0 Å². The van der Waals surface area contributed by atoms with Gasteiger partial charge in [-0.25, -0.2) is 4.98 Å². The Bertz CT molecular complexity index is 247. The molecule has 1 aromatic heterocycles. The Morgan fingerprint density at radius 2 is 1.93 bits per heavy atom. The highest BCUT2D eigenvalue weighted by Crippen LogP contribution is 2.17. The third-order valence-electron chi connectivity index (χ3n) is 2.27. The first-order valence-electron chi connectivity index (χ1n) is 5.43. The van der Waals surface area contributed by atoms with E-state index >= 15 is 0 Å². The summed E-state index contributed by atoms with van der Waals surface area (Å²) < 4.78 is 0.989. The molecule has 0 radical (unpaired) electrons. The van der Waals surface area contributed by atoms with Crippen LogP contribution in [0.4, 0.5) is 0 Å². The molecule has 14 heavy (non-hydrogen) atoms. The number of rotatable bonds is 7. The number of aryl methyl sites for hydroxylation is 1. The molecule has 0 unspecified atom stereocenters. The fraction of sp³-hybridized carbons (Fsp3) is 0.727. The normalized spacial score (nSPS) is 10.7. The van der Waals surface area contributed by atoms with Crippen LogP contribution in [0.1, 0.15) is 50.5 Å². The molecule has 0 amide bonds. The topological polar surface area (TPSA) is 12.9 Å². The van der Waals surface area contributed by atoms with E-state index in [4.69, 9.17) is 0 Å². The van der Waals surface area contributed by atoms with E-state index in [1.54, 1.807) is 11.3 Å². The van der Waals surface area contributed by atoms with Crippen molar-refractivity contribution in [3.05, 3.63) is 15.0 Å². The van der Waals surface area contributed by atoms with Gasteiger partial charge in [-0.05, 0) is 28.8 Å². The molecule has 0 saturated carbocycles. The van der Waals surface area contributed by atoms with Crippen molar-refractivity contribution >= 4 is 27.3 Å². The van der Waals surface area contributed by atoms with Gasteiger partial charge in [-0.1, -0.05) is 39.0 Å². The van der Waals surface area contributed by atoms with Gasteiger partial charge in [-0.2, -0.15) is 0 Å². The van der Waals surface area contributed by atoms with Crippen LogP contribution < -0.4 is 0 Å². The van der Waals surface area contributed by atoms with Crippen molar-refractivity contribution in [1.29, 1.82) is 0 Å². The van der Waals surface area contributed by atoms with E-state index in [0.717, 1.165) is 11.0 Å². The maximum atomic E-state index is 4.38. The second-order valence-corrected chi connectivity index (χ2v) is 5.34. The van der Waals surface area contributed by atoms with E-state index in [-0.39, 0.29) is 0 Å². The molecule has 0 bridgehead atoms. The van der Waals surface area contributed by atoms with Gasteiger partial charge in [0.25, 0.3) is 0 Å². The van der Waals surface area contributed by atoms with Crippen LogP contribution in [0.5, 0.6) is 0 Å². The Morgan fingerprint density at radius 3 is 2.57 bits per heavy atom. The molecule has 0 atom stereocenters. The van der Waals surface area contributed by atoms with Gasteiger partial charge in [0.05, 0.1) is 5.01 Å². The third-order valence-corrected chi connectivity index (χ3v) is 3.89. The summed E-state index contributed by atoms with van der Waals surface area (Å²) in [6.07, 6.45) is 9.32. The molecule has 0 fully saturated rings. The van der Waals surface area contributed by atoms with Crippen LogP contribution in [-0.2, 0) is 6.42 Å². The Morgan fingerprint density at radius 1 is 1.21 bits per heavy atom. The van der Waals surface area contributed by atoms with Crippen molar-refractivity contribution in [2.24, 2.45) is 0 Å². The molecule has 1 nitrogen and oxygen atoms in total. The molecule has 0 spiro atoms. The minimum atomic E-state index is 0.989. The van der Waals surface area contributed by atoms with Gasteiger partial charge in [0.1, 0.15) is 4.60 Å². The molecular weight excluding hydrogens is 258 g/mol. The first kappa shape index (κ1) is 12.2. The summed E-state index contributed by atoms with van der Waals surface area (Å²) >= 11 is 5.13. The molecule has 0 saturated heterocycles. The highest BCUT2D eigenvalue weighted by molar-refractivity contribution is 9.10. The van der Waals surface area contributed by atoms with E-state index in [1.165, 1.54) is 43.5 Å². The van der Waals surface area contributed by atoms with E-state index in [1.807, 2.05) is 0 Å². The number of aromatic nitrogens is 1. The maximum Gasteiger partial charge on any atom is 0.117 e. The van der Waals surface area contributed by atoms with Crippen molar-refractivity contribution in [1.82, 2.24) is 4.98 Å². The molecule has 0 aliphatic rings. The Balaban J connectivity index is 1.99. The van der Waals surface area contributed by atoms with E-state index in [9.17, 15) is 0 Å². The Hall–Kier alpha value is 0.110. The lowest BCUT2D eigenvalue weighted by atomic mass is 10.1. The average molecular weight is 276 g/mol. The van der Waals surface area contributed by atoms with Crippen LogP contribution in [0.2, 0.25) is 0 Å². The predicted octanol–water partition coefficient (Wildman–Crippen LogP) is 4.81. The van der Waals surface area contributed by atoms with Crippen molar-refractivity contribution in [2.45, 2.75) is 51.9 Å². The molecular formula is C11H18BrNS. The van der Waals surface area contributed by atoms with Crippen LogP contribution in [0.3, 0.4) is 0 Å². The number of halogens is 1. The predicted molar refractivity (Wildman–Crippen MR) is 66.9 cm³/mol. The van der Waals surface area contributed by atoms with Gasteiger partial charge in [0, 0.05) is 5.38 Å². The molecule has 1 aromatic rings. The van der Waals surface area contributed by atoms with Crippen LogP contribution in [0.25, 0.3) is 0 Å². The molecule has 1 heterocycles. The molecule has 0 aliphatic heterocycles. The van der Waals surface area contributed by atoms with Crippen LogP contribution in [-0.4, -0.2) is 4.98 Å². The lowest BCUT2D eigenvalue weighted by molar-refractivity contribution is 0.607. The smallest absolute Gasteiger partial charge is 0.117 e. The Kier molecular flexibility index (Phi) is 6.45. The summed E-state index contributed by atoms with van der Waals surface area (Å²) in [5, 5.41) is 3.33. The SMILES string of the molecule is CCCCCCCCc1nc(Br)cs1. The van der Waals surface area contributed by atoms with Gasteiger partial charge in [0.2, 0.25) is 0 Å². The summed E-state index contributed by atoms with van der Waals surface area (Å²) in [6.45, 7) is 2.26. The summed E-state index contributed by atoms with van der Waals surface area (Å²) in [5.41, 5.74) is 0. The van der Waals surface area contributed by atoms with Gasteiger partial charge >= 0.3 is 0 Å². The van der Waals surface area contributed by atoms with Crippen molar-refractivity contribution in [2.75, 3.05) is 0 Å².